The highest BCUT2D eigenvalue weighted by Gasteiger charge is 2.36. The number of aliphatic hydroxyl groups excluding tert-OH is 1. The van der Waals surface area contributed by atoms with Gasteiger partial charge in [-0.1, -0.05) is 24.3 Å². The molecule has 0 radical (unpaired) electrons. The van der Waals surface area contributed by atoms with Crippen LogP contribution in [0.2, 0.25) is 0 Å². The number of nitrogens with one attached hydrogen (secondary N) is 1. The summed E-state index contributed by atoms with van der Waals surface area (Å²) in [5, 5.41) is 18.2. The molecule has 232 valence electrons. The first-order valence-electron chi connectivity index (χ1n) is 15.2. The van der Waals surface area contributed by atoms with Crippen molar-refractivity contribution in [3.8, 4) is 0 Å². The molecule has 9 nitrogen and oxygen atoms in total. The van der Waals surface area contributed by atoms with E-state index in [1.165, 1.54) is 12.1 Å². The molecule has 2 aliphatic heterocycles. The second-order valence-corrected chi connectivity index (χ2v) is 12.1. The molecule has 2 aliphatic rings. The molecule has 6 rings (SSSR count). The van der Waals surface area contributed by atoms with E-state index < -0.39 is 11.8 Å². The second kappa shape index (κ2) is 12.5. The van der Waals surface area contributed by atoms with E-state index in [0.29, 0.717) is 43.1 Å². The van der Waals surface area contributed by atoms with Crippen LogP contribution in [0.5, 0.6) is 0 Å². The number of pyridine rings is 1. The summed E-state index contributed by atoms with van der Waals surface area (Å²) in [5.41, 5.74) is 3.48. The van der Waals surface area contributed by atoms with Crippen LogP contribution in [0, 0.1) is 0 Å². The van der Waals surface area contributed by atoms with Gasteiger partial charge in [0.15, 0.2) is 5.65 Å². The van der Waals surface area contributed by atoms with Crippen LogP contribution in [0.25, 0.3) is 5.65 Å². The summed E-state index contributed by atoms with van der Waals surface area (Å²) in [6, 6.07) is 18.0. The third kappa shape index (κ3) is 5.98. The molecule has 4 heterocycles. The number of hydrogen-bond acceptors (Lipinski definition) is 7. The summed E-state index contributed by atoms with van der Waals surface area (Å²) in [6.45, 7) is 3.30. The van der Waals surface area contributed by atoms with E-state index in [1.807, 2.05) is 54.5 Å². The fourth-order valence-corrected chi connectivity index (χ4v) is 6.46. The van der Waals surface area contributed by atoms with Gasteiger partial charge in [0.25, 0.3) is 12.3 Å². The van der Waals surface area contributed by atoms with Gasteiger partial charge in [-0.2, -0.15) is 4.98 Å². The van der Waals surface area contributed by atoms with Gasteiger partial charge in [0.1, 0.15) is 0 Å². The SMILES string of the molecule is CN1CCC(N(C)C(=O)c2ccc(Nc3nc4c(N5CCC(CO)(c6ccc(C(F)F)cc6)CC5)cccn4n3)cc2)CC1. The van der Waals surface area contributed by atoms with Gasteiger partial charge in [-0.15, -0.1) is 5.10 Å². The molecule has 0 unspecified atom stereocenters. The summed E-state index contributed by atoms with van der Waals surface area (Å²) in [7, 11) is 4.00. The van der Waals surface area contributed by atoms with E-state index in [9.17, 15) is 18.7 Å². The highest BCUT2D eigenvalue weighted by Crippen LogP contribution is 2.38. The van der Waals surface area contributed by atoms with Gasteiger partial charge in [-0.3, -0.25) is 4.79 Å². The average molecular weight is 604 g/mol. The molecule has 11 heteroatoms. The number of rotatable bonds is 8. The maximum absolute atomic E-state index is 13.1. The number of alkyl halides is 2. The Balaban J connectivity index is 1.12. The minimum absolute atomic E-state index is 0.0118. The lowest BCUT2D eigenvalue weighted by atomic mass is 9.73. The molecular formula is C33H39F2N7O2. The van der Waals surface area contributed by atoms with Gasteiger partial charge in [-0.05, 0) is 87.8 Å². The first-order chi connectivity index (χ1) is 21.3. The summed E-state index contributed by atoms with van der Waals surface area (Å²) in [5.74, 6) is 0.472. The summed E-state index contributed by atoms with van der Waals surface area (Å²) in [4.78, 5) is 24.3. The van der Waals surface area contributed by atoms with Crippen LogP contribution in [-0.2, 0) is 5.41 Å². The minimum atomic E-state index is -2.51. The van der Waals surface area contributed by atoms with Crippen LogP contribution in [-0.4, -0.2) is 88.3 Å². The van der Waals surface area contributed by atoms with Crippen LogP contribution in [0.1, 0.15) is 53.6 Å². The largest absolute Gasteiger partial charge is 0.395 e. The van der Waals surface area contributed by atoms with E-state index >= 15 is 0 Å². The lowest BCUT2D eigenvalue weighted by molar-refractivity contribution is 0.0659. The topological polar surface area (TPSA) is 89.2 Å². The molecule has 0 aliphatic carbocycles. The lowest BCUT2D eigenvalue weighted by Crippen LogP contribution is -2.45. The number of aromatic nitrogens is 3. The Bertz CT molecular complexity index is 1580. The van der Waals surface area contributed by atoms with E-state index in [-0.39, 0.29) is 24.1 Å². The van der Waals surface area contributed by atoms with Gasteiger partial charge in [0.2, 0.25) is 5.95 Å². The Morgan fingerprint density at radius 1 is 1.05 bits per heavy atom. The number of benzene rings is 2. The number of piperidine rings is 2. The Morgan fingerprint density at radius 3 is 2.36 bits per heavy atom. The summed E-state index contributed by atoms with van der Waals surface area (Å²) < 4.78 is 27.9. The fraction of sp³-hybridized carbons (Fsp3) is 0.424. The van der Waals surface area contributed by atoms with Crippen LogP contribution in [0.3, 0.4) is 0 Å². The Labute approximate surface area is 256 Å². The molecule has 1 amide bonds. The van der Waals surface area contributed by atoms with Crippen molar-refractivity contribution in [1.82, 2.24) is 24.4 Å². The number of carbonyl (C=O) groups excluding carboxylic acids is 1. The molecule has 44 heavy (non-hydrogen) atoms. The maximum atomic E-state index is 13.1. The number of hydrogen-bond donors (Lipinski definition) is 2. The number of fused-ring (bicyclic) bond motifs is 1. The molecule has 0 spiro atoms. The lowest BCUT2D eigenvalue weighted by Gasteiger charge is -2.42. The van der Waals surface area contributed by atoms with Gasteiger partial charge in [0.05, 0.1) is 12.3 Å². The molecule has 2 N–H and O–H groups in total. The van der Waals surface area contributed by atoms with Crippen molar-refractivity contribution in [3.05, 3.63) is 83.6 Å². The van der Waals surface area contributed by atoms with Crippen molar-refractivity contribution in [3.63, 3.8) is 0 Å². The predicted octanol–water partition coefficient (Wildman–Crippen LogP) is 5.11. The van der Waals surface area contributed by atoms with Gasteiger partial charge in [0, 0.05) is 54.6 Å². The quantitative estimate of drug-likeness (QED) is 0.290. The van der Waals surface area contributed by atoms with Gasteiger partial charge < -0.3 is 25.1 Å². The molecular weight excluding hydrogens is 564 g/mol. The first-order valence-corrected chi connectivity index (χ1v) is 15.2. The molecule has 2 fully saturated rings. The molecule has 0 bridgehead atoms. The standard InChI is InChI=1S/C33H39F2N7O2/c1-39-18-13-27(14-19-39)40(2)31(44)24-7-11-26(12-8-24)36-32-37-30-28(4-3-17-42(30)38-32)41-20-15-33(22-43,16-21-41)25-9-5-23(6-10-25)29(34)35/h3-12,17,27,29,43H,13-16,18-22H2,1-2H3,(H,36,38). The van der Waals surface area contributed by atoms with Crippen LogP contribution in [0.15, 0.2) is 66.9 Å². The van der Waals surface area contributed by atoms with E-state index in [1.54, 1.807) is 16.6 Å². The number of amides is 1. The van der Waals surface area contributed by atoms with Crippen molar-refractivity contribution in [2.45, 2.75) is 43.6 Å². The zero-order chi connectivity index (χ0) is 30.8. The second-order valence-electron chi connectivity index (χ2n) is 12.1. The summed E-state index contributed by atoms with van der Waals surface area (Å²) in [6.07, 6.45) is 2.66. The number of halogens is 2. The van der Waals surface area contributed by atoms with Crippen molar-refractivity contribution in [1.29, 1.82) is 0 Å². The van der Waals surface area contributed by atoms with Gasteiger partial charge in [-0.25, -0.2) is 13.3 Å². The predicted molar refractivity (Wildman–Crippen MR) is 167 cm³/mol. The van der Waals surface area contributed by atoms with Crippen molar-refractivity contribution in [2.75, 3.05) is 57.1 Å². The third-order valence-electron chi connectivity index (χ3n) is 9.42. The van der Waals surface area contributed by atoms with Crippen molar-refractivity contribution >= 4 is 28.9 Å². The zero-order valence-corrected chi connectivity index (χ0v) is 25.2. The third-order valence-corrected chi connectivity index (χ3v) is 9.42. The number of aliphatic hydroxyl groups is 1. The summed E-state index contributed by atoms with van der Waals surface area (Å²) >= 11 is 0. The molecule has 2 aromatic carbocycles. The monoisotopic (exact) mass is 603 g/mol. The molecule has 4 aromatic rings. The van der Waals surface area contributed by atoms with E-state index in [4.69, 9.17) is 4.98 Å². The Hall–Kier alpha value is -4.09. The van der Waals surface area contributed by atoms with Crippen molar-refractivity contribution < 1.29 is 18.7 Å². The molecule has 0 atom stereocenters. The molecule has 2 saturated heterocycles. The first kappa shape index (κ1) is 30.0. The van der Waals surface area contributed by atoms with Crippen LogP contribution in [0.4, 0.5) is 26.1 Å². The van der Waals surface area contributed by atoms with Crippen LogP contribution < -0.4 is 10.2 Å². The van der Waals surface area contributed by atoms with E-state index in [2.05, 4.69) is 27.3 Å². The number of anilines is 3. The zero-order valence-electron chi connectivity index (χ0n) is 25.2. The average Bonchev–Trinajstić information content (AvgIpc) is 3.47. The molecule has 0 saturated carbocycles. The van der Waals surface area contributed by atoms with Crippen LogP contribution >= 0.6 is 0 Å². The number of nitrogens with zero attached hydrogens (tertiary/aromatic N) is 6. The van der Waals surface area contributed by atoms with E-state index in [0.717, 1.165) is 42.9 Å². The Kier molecular flexibility index (Phi) is 8.50. The van der Waals surface area contributed by atoms with Crippen molar-refractivity contribution in [2.24, 2.45) is 0 Å². The number of likely N-dealkylation sites (tertiary alicyclic amines) is 1. The minimum Gasteiger partial charge on any atom is -0.395 e. The molecule has 2 aromatic heterocycles. The maximum Gasteiger partial charge on any atom is 0.263 e. The highest BCUT2D eigenvalue weighted by molar-refractivity contribution is 5.94. The highest BCUT2D eigenvalue weighted by atomic mass is 19.3. The number of carbonyl (C=O) groups is 1. The fourth-order valence-electron chi connectivity index (χ4n) is 6.46. The van der Waals surface area contributed by atoms with Gasteiger partial charge >= 0.3 is 0 Å². The normalized spacial score (nSPS) is 17.7. The Morgan fingerprint density at radius 2 is 1.73 bits per heavy atom. The smallest absolute Gasteiger partial charge is 0.263 e.